The number of amides is 1. The van der Waals surface area contributed by atoms with E-state index < -0.39 is 0 Å². The van der Waals surface area contributed by atoms with Gasteiger partial charge in [-0.15, -0.1) is 11.8 Å². The summed E-state index contributed by atoms with van der Waals surface area (Å²) in [5.41, 5.74) is 0.820. The number of carbonyl (C=O) groups excluding carboxylic acids is 1. The van der Waals surface area contributed by atoms with Crippen LogP contribution in [0.2, 0.25) is 0 Å². The minimum Gasteiger partial charge on any atom is -0.508 e. The highest BCUT2D eigenvalue weighted by molar-refractivity contribution is 8.00. The number of anilines is 1. The Morgan fingerprint density at radius 2 is 1.82 bits per heavy atom. The summed E-state index contributed by atoms with van der Waals surface area (Å²) in [7, 11) is 0. The highest BCUT2D eigenvalue weighted by Gasteiger charge is 2.19. The Morgan fingerprint density at radius 3 is 2.45 bits per heavy atom. The van der Waals surface area contributed by atoms with Gasteiger partial charge in [-0.05, 0) is 42.8 Å². The van der Waals surface area contributed by atoms with Crippen molar-refractivity contribution in [1.29, 1.82) is 0 Å². The molecule has 0 aromatic heterocycles. The van der Waals surface area contributed by atoms with Gasteiger partial charge < -0.3 is 10.4 Å². The number of thioether (sulfide) groups is 1. The quantitative estimate of drug-likeness (QED) is 0.729. The molecule has 0 aliphatic rings. The molecule has 0 fully saturated rings. The topological polar surface area (TPSA) is 49.3 Å². The van der Waals surface area contributed by atoms with Gasteiger partial charge in [-0.3, -0.25) is 4.79 Å². The van der Waals surface area contributed by atoms with Crippen molar-refractivity contribution in [3.05, 3.63) is 54.6 Å². The van der Waals surface area contributed by atoms with Crippen LogP contribution in [0.4, 0.5) is 5.69 Å². The Labute approximate surface area is 135 Å². The van der Waals surface area contributed by atoms with E-state index in [2.05, 4.69) is 12.2 Å². The highest BCUT2D eigenvalue weighted by atomic mass is 32.2. The molecule has 22 heavy (non-hydrogen) atoms. The Hall–Kier alpha value is -1.94. The number of hydrogen-bond acceptors (Lipinski definition) is 3. The van der Waals surface area contributed by atoms with E-state index in [4.69, 9.17) is 0 Å². The Balaban J connectivity index is 2.04. The largest absolute Gasteiger partial charge is 0.508 e. The number of nitrogens with one attached hydrogen (secondary N) is 1. The van der Waals surface area contributed by atoms with E-state index in [1.807, 2.05) is 42.5 Å². The molecule has 0 aliphatic heterocycles. The molecule has 2 N–H and O–H groups in total. The summed E-state index contributed by atoms with van der Waals surface area (Å²) in [5, 5.41) is 12.2. The van der Waals surface area contributed by atoms with Crippen LogP contribution in [0.1, 0.15) is 26.2 Å². The summed E-state index contributed by atoms with van der Waals surface area (Å²) in [6.45, 7) is 2.12. The third-order valence-electron chi connectivity index (χ3n) is 3.27. The lowest BCUT2D eigenvalue weighted by atomic mass is 10.2. The maximum absolute atomic E-state index is 12.5. The van der Waals surface area contributed by atoms with Crippen LogP contribution in [0.3, 0.4) is 0 Å². The Kier molecular flexibility index (Phi) is 6.34. The molecule has 1 atom stereocenters. The number of phenolic OH excluding ortho intramolecular Hbond substituents is 1. The molecule has 116 valence electrons. The van der Waals surface area contributed by atoms with Gasteiger partial charge in [-0.25, -0.2) is 0 Å². The number of aromatic hydroxyl groups is 1. The van der Waals surface area contributed by atoms with Crippen molar-refractivity contribution in [2.75, 3.05) is 5.32 Å². The summed E-state index contributed by atoms with van der Waals surface area (Å²) < 4.78 is 0. The first-order valence-corrected chi connectivity index (χ1v) is 8.38. The zero-order valence-electron chi connectivity index (χ0n) is 12.7. The lowest BCUT2D eigenvalue weighted by molar-refractivity contribution is -0.115. The zero-order valence-corrected chi connectivity index (χ0v) is 13.5. The second kappa shape index (κ2) is 8.49. The van der Waals surface area contributed by atoms with Crippen molar-refractivity contribution >= 4 is 23.4 Å². The van der Waals surface area contributed by atoms with Crippen LogP contribution in [0, 0.1) is 0 Å². The zero-order chi connectivity index (χ0) is 15.8. The lowest BCUT2D eigenvalue weighted by Gasteiger charge is -2.16. The van der Waals surface area contributed by atoms with E-state index in [1.165, 1.54) is 0 Å². The molecule has 0 bridgehead atoms. The van der Waals surface area contributed by atoms with Crippen LogP contribution >= 0.6 is 11.8 Å². The van der Waals surface area contributed by atoms with Gasteiger partial charge in [0.15, 0.2) is 0 Å². The Bertz CT molecular complexity index is 584. The summed E-state index contributed by atoms with van der Waals surface area (Å²) in [6.07, 6.45) is 2.91. The van der Waals surface area contributed by atoms with Gasteiger partial charge in [-0.1, -0.05) is 38.0 Å². The lowest BCUT2D eigenvalue weighted by Crippen LogP contribution is -2.25. The maximum Gasteiger partial charge on any atom is 0.237 e. The van der Waals surface area contributed by atoms with Crippen molar-refractivity contribution in [3.8, 4) is 5.75 Å². The van der Waals surface area contributed by atoms with Crippen LogP contribution in [0.5, 0.6) is 5.75 Å². The standard InChI is InChI=1S/C18H21NO2S/c1-2-3-9-17(22-16-12-10-15(20)11-13-16)18(21)19-14-7-5-4-6-8-14/h4-8,10-13,17,20H,2-3,9H2,1H3,(H,19,21). The molecule has 0 radical (unpaired) electrons. The highest BCUT2D eigenvalue weighted by Crippen LogP contribution is 2.29. The molecule has 0 heterocycles. The minimum atomic E-state index is -0.135. The van der Waals surface area contributed by atoms with Crippen molar-refractivity contribution < 1.29 is 9.90 Å². The number of phenols is 1. The van der Waals surface area contributed by atoms with Crippen LogP contribution in [-0.2, 0) is 4.79 Å². The van der Waals surface area contributed by atoms with Gasteiger partial charge in [-0.2, -0.15) is 0 Å². The third kappa shape index (κ3) is 5.11. The molecule has 2 aromatic carbocycles. The van der Waals surface area contributed by atoms with Crippen LogP contribution in [0.25, 0.3) is 0 Å². The molecular formula is C18H21NO2S. The predicted octanol–water partition coefficient (Wildman–Crippen LogP) is 4.68. The molecule has 2 rings (SSSR count). The van der Waals surface area contributed by atoms with Gasteiger partial charge in [0.2, 0.25) is 5.91 Å². The smallest absolute Gasteiger partial charge is 0.237 e. The monoisotopic (exact) mass is 315 g/mol. The SMILES string of the molecule is CCCCC(Sc1ccc(O)cc1)C(=O)Nc1ccccc1. The third-order valence-corrected chi connectivity index (χ3v) is 4.55. The summed E-state index contributed by atoms with van der Waals surface area (Å²) in [6, 6.07) is 16.5. The van der Waals surface area contributed by atoms with E-state index in [9.17, 15) is 9.90 Å². The molecular weight excluding hydrogens is 294 g/mol. The van der Waals surface area contributed by atoms with Crippen molar-refractivity contribution in [3.63, 3.8) is 0 Å². The van der Waals surface area contributed by atoms with Gasteiger partial charge in [0.25, 0.3) is 0 Å². The summed E-state index contributed by atoms with van der Waals surface area (Å²) in [4.78, 5) is 13.5. The van der Waals surface area contributed by atoms with E-state index in [-0.39, 0.29) is 16.9 Å². The number of unbranched alkanes of at least 4 members (excludes halogenated alkanes) is 1. The molecule has 0 saturated carbocycles. The van der Waals surface area contributed by atoms with E-state index in [0.29, 0.717) is 0 Å². The van der Waals surface area contributed by atoms with Crippen molar-refractivity contribution in [1.82, 2.24) is 0 Å². The average Bonchev–Trinajstić information content (AvgIpc) is 2.54. The van der Waals surface area contributed by atoms with E-state index in [0.717, 1.165) is 29.8 Å². The number of para-hydroxylation sites is 1. The second-order valence-electron chi connectivity index (χ2n) is 5.10. The molecule has 2 aromatic rings. The van der Waals surface area contributed by atoms with Crippen LogP contribution < -0.4 is 5.32 Å². The molecule has 0 saturated heterocycles. The molecule has 3 nitrogen and oxygen atoms in total. The van der Waals surface area contributed by atoms with Crippen LogP contribution in [0.15, 0.2) is 59.5 Å². The van der Waals surface area contributed by atoms with Gasteiger partial charge in [0.05, 0.1) is 5.25 Å². The fourth-order valence-electron chi connectivity index (χ4n) is 2.07. The van der Waals surface area contributed by atoms with Gasteiger partial charge >= 0.3 is 0 Å². The maximum atomic E-state index is 12.5. The fourth-order valence-corrected chi connectivity index (χ4v) is 3.14. The average molecular weight is 315 g/mol. The van der Waals surface area contributed by atoms with Crippen molar-refractivity contribution in [2.45, 2.75) is 36.3 Å². The first-order chi connectivity index (χ1) is 10.7. The minimum absolute atomic E-state index is 0.0257. The molecule has 1 amide bonds. The van der Waals surface area contributed by atoms with Gasteiger partial charge in [0.1, 0.15) is 5.75 Å². The summed E-state index contributed by atoms with van der Waals surface area (Å²) in [5.74, 6) is 0.265. The molecule has 1 unspecified atom stereocenters. The number of rotatable bonds is 7. The predicted molar refractivity (Wildman–Crippen MR) is 92.3 cm³/mol. The number of benzene rings is 2. The number of carbonyl (C=O) groups is 1. The Morgan fingerprint density at radius 1 is 1.14 bits per heavy atom. The van der Waals surface area contributed by atoms with Crippen LogP contribution in [-0.4, -0.2) is 16.3 Å². The van der Waals surface area contributed by atoms with Gasteiger partial charge in [0, 0.05) is 10.6 Å². The normalized spacial score (nSPS) is 11.9. The molecule has 0 spiro atoms. The fraction of sp³-hybridized carbons (Fsp3) is 0.278. The number of hydrogen-bond donors (Lipinski definition) is 2. The molecule has 0 aliphatic carbocycles. The van der Waals surface area contributed by atoms with Crippen molar-refractivity contribution in [2.24, 2.45) is 0 Å². The second-order valence-corrected chi connectivity index (χ2v) is 6.37. The van der Waals surface area contributed by atoms with E-state index >= 15 is 0 Å². The first kappa shape index (κ1) is 16.4. The molecule has 4 heteroatoms. The summed E-state index contributed by atoms with van der Waals surface area (Å²) >= 11 is 1.54. The van der Waals surface area contributed by atoms with E-state index in [1.54, 1.807) is 23.9 Å². The first-order valence-electron chi connectivity index (χ1n) is 7.50.